The van der Waals surface area contributed by atoms with Crippen molar-refractivity contribution in [1.82, 2.24) is 10.2 Å². The highest BCUT2D eigenvalue weighted by molar-refractivity contribution is 5.79. The van der Waals surface area contributed by atoms with Gasteiger partial charge in [-0.2, -0.15) is 0 Å². The number of piperazine rings is 1. The van der Waals surface area contributed by atoms with Crippen molar-refractivity contribution in [1.29, 1.82) is 0 Å². The number of amides is 1. The lowest BCUT2D eigenvalue weighted by molar-refractivity contribution is -0.134. The summed E-state index contributed by atoms with van der Waals surface area (Å²) in [5, 5.41) is 3.33. The molecule has 1 heterocycles. The molecule has 0 spiro atoms. The number of nitrogens with one attached hydrogen (secondary N) is 1. The van der Waals surface area contributed by atoms with E-state index in [-0.39, 0.29) is 17.8 Å². The molecule has 1 N–H and O–H groups in total. The second-order valence-corrected chi connectivity index (χ2v) is 5.41. The van der Waals surface area contributed by atoms with E-state index in [0.29, 0.717) is 12.3 Å². The SMILES string of the molecule is CC(C)C1CNCCN1C(=O)Cc1ccc(F)cc1. The first-order chi connectivity index (χ1) is 9.08. The molecule has 0 radical (unpaired) electrons. The maximum Gasteiger partial charge on any atom is 0.227 e. The lowest BCUT2D eigenvalue weighted by Crippen LogP contribution is -2.56. The third-order valence-electron chi connectivity index (χ3n) is 3.64. The average molecular weight is 264 g/mol. The van der Waals surface area contributed by atoms with E-state index >= 15 is 0 Å². The Morgan fingerprint density at radius 2 is 2.11 bits per heavy atom. The minimum atomic E-state index is -0.265. The second-order valence-electron chi connectivity index (χ2n) is 5.41. The molecule has 1 aromatic rings. The summed E-state index contributed by atoms with van der Waals surface area (Å²) in [5.74, 6) is 0.301. The van der Waals surface area contributed by atoms with Gasteiger partial charge in [0.2, 0.25) is 5.91 Å². The van der Waals surface area contributed by atoms with Crippen LogP contribution in [0.5, 0.6) is 0 Å². The van der Waals surface area contributed by atoms with E-state index < -0.39 is 0 Å². The van der Waals surface area contributed by atoms with Crippen LogP contribution in [0.3, 0.4) is 0 Å². The number of benzene rings is 1. The van der Waals surface area contributed by atoms with Gasteiger partial charge in [0.05, 0.1) is 6.42 Å². The van der Waals surface area contributed by atoms with Gasteiger partial charge < -0.3 is 10.2 Å². The third-order valence-corrected chi connectivity index (χ3v) is 3.64. The molecule has 1 amide bonds. The number of rotatable bonds is 3. The zero-order chi connectivity index (χ0) is 13.8. The van der Waals surface area contributed by atoms with E-state index in [2.05, 4.69) is 19.2 Å². The Bertz CT molecular complexity index is 430. The van der Waals surface area contributed by atoms with Crippen LogP contribution in [0.15, 0.2) is 24.3 Å². The topological polar surface area (TPSA) is 32.3 Å². The van der Waals surface area contributed by atoms with Crippen LogP contribution in [-0.2, 0) is 11.2 Å². The van der Waals surface area contributed by atoms with Crippen LogP contribution in [0.1, 0.15) is 19.4 Å². The lowest BCUT2D eigenvalue weighted by Gasteiger charge is -2.38. The first kappa shape index (κ1) is 14.0. The fraction of sp³-hybridized carbons (Fsp3) is 0.533. The predicted molar refractivity (Wildman–Crippen MR) is 73.3 cm³/mol. The van der Waals surface area contributed by atoms with Crippen molar-refractivity contribution in [3.8, 4) is 0 Å². The molecule has 1 fully saturated rings. The van der Waals surface area contributed by atoms with Crippen molar-refractivity contribution >= 4 is 5.91 Å². The number of nitrogens with zero attached hydrogens (tertiary/aromatic N) is 1. The molecule has 0 bridgehead atoms. The van der Waals surface area contributed by atoms with E-state index in [1.165, 1.54) is 12.1 Å². The van der Waals surface area contributed by atoms with Crippen molar-refractivity contribution < 1.29 is 9.18 Å². The van der Waals surface area contributed by atoms with E-state index in [1.54, 1.807) is 12.1 Å². The fourth-order valence-corrected chi connectivity index (χ4v) is 2.51. The Morgan fingerprint density at radius 3 is 2.74 bits per heavy atom. The minimum Gasteiger partial charge on any atom is -0.337 e. The van der Waals surface area contributed by atoms with Crippen molar-refractivity contribution in [3.63, 3.8) is 0 Å². The van der Waals surface area contributed by atoms with Gasteiger partial charge in [0.25, 0.3) is 0 Å². The van der Waals surface area contributed by atoms with E-state index in [4.69, 9.17) is 0 Å². The second kappa shape index (κ2) is 6.15. The molecular weight excluding hydrogens is 243 g/mol. The van der Waals surface area contributed by atoms with Crippen molar-refractivity contribution in [2.45, 2.75) is 26.3 Å². The van der Waals surface area contributed by atoms with Crippen LogP contribution in [0, 0.1) is 11.7 Å². The molecule has 1 unspecified atom stereocenters. The van der Waals surface area contributed by atoms with Gasteiger partial charge in [0.15, 0.2) is 0 Å². The molecule has 1 saturated heterocycles. The number of carbonyl (C=O) groups excluding carboxylic acids is 1. The first-order valence-electron chi connectivity index (χ1n) is 6.82. The predicted octanol–water partition coefficient (Wildman–Crippen LogP) is 1.82. The smallest absolute Gasteiger partial charge is 0.227 e. The summed E-state index contributed by atoms with van der Waals surface area (Å²) in [6.07, 6.45) is 0.351. The monoisotopic (exact) mass is 264 g/mol. The van der Waals surface area contributed by atoms with Gasteiger partial charge in [0.1, 0.15) is 5.82 Å². The highest BCUT2D eigenvalue weighted by Gasteiger charge is 2.28. The fourth-order valence-electron chi connectivity index (χ4n) is 2.51. The van der Waals surface area contributed by atoms with E-state index in [1.807, 2.05) is 4.90 Å². The molecule has 1 aliphatic rings. The van der Waals surface area contributed by atoms with Gasteiger partial charge in [-0.15, -0.1) is 0 Å². The highest BCUT2D eigenvalue weighted by atomic mass is 19.1. The molecule has 0 saturated carbocycles. The summed E-state index contributed by atoms with van der Waals surface area (Å²) in [6, 6.07) is 6.42. The Labute approximate surface area is 113 Å². The van der Waals surface area contributed by atoms with Crippen LogP contribution < -0.4 is 5.32 Å². The summed E-state index contributed by atoms with van der Waals surface area (Å²) >= 11 is 0. The number of hydrogen-bond acceptors (Lipinski definition) is 2. The van der Waals surface area contributed by atoms with E-state index in [0.717, 1.165) is 25.2 Å². The van der Waals surface area contributed by atoms with E-state index in [9.17, 15) is 9.18 Å². The standard InChI is InChI=1S/C15H21FN2O/c1-11(2)14-10-17-7-8-18(14)15(19)9-12-3-5-13(16)6-4-12/h3-6,11,14,17H,7-10H2,1-2H3. The number of halogens is 1. The average Bonchev–Trinajstić information content (AvgIpc) is 2.41. The summed E-state index contributed by atoms with van der Waals surface area (Å²) < 4.78 is 12.8. The molecule has 2 rings (SSSR count). The zero-order valence-electron chi connectivity index (χ0n) is 11.5. The Kier molecular flexibility index (Phi) is 4.53. The maximum absolute atomic E-state index is 12.8. The summed E-state index contributed by atoms with van der Waals surface area (Å²) in [7, 11) is 0. The molecule has 19 heavy (non-hydrogen) atoms. The van der Waals surface area contributed by atoms with Crippen LogP contribution in [-0.4, -0.2) is 36.5 Å². The van der Waals surface area contributed by atoms with Crippen molar-refractivity contribution in [2.75, 3.05) is 19.6 Å². The van der Waals surface area contributed by atoms with Crippen LogP contribution in [0.25, 0.3) is 0 Å². The zero-order valence-corrected chi connectivity index (χ0v) is 11.5. The van der Waals surface area contributed by atoms with Gasteiger partial charge in [-0.05, 0) is 23.6 Å². The largest absolute Gasteiger partial charge is 0.337 e. The maximum atomic E-state index is 12.8. The van der Waals surface area contributed by atoms with Gasteiger partial charge >= 0.3 is 0 Å². The summed E-state index contributed by atoms with van der Waals surface area (Å²) in [5.41, 5.74) is 0.868. The van der Waals surface area contributed by atoms with Crippen molar-refractivity contribution in [2.24, 2.45) is 5.92 Å². The molecule has 104 valence electrons. The number of hydrogen-bond donors (Lipinski definition) is 1. The molecule has 1 aliphatic heterocycles. The molecule has 1 atom stereocenters. The molecular formula is C15H21FN2O. The molecule has 1 aromatic carbocycles. The highest BCUT2D eigenvalue weighted by Crippen LogP contribution is 2.15. The quantitative estimate of drug-likeness (QED) is 0.903. The molecule has 4 heteroatoms. The first-order valence-corrected chi connectivity index (χ1v) is 6.82. The van der Waals surface area contributed by atoms with Gasteiger partial charge in [0, 0.05) is 25.7 Å². The van der Waals surface area contributed by atoms with Gasteiger partial charge in [-0.25, -0.2) is 4.39 Å². The summed E-state index contributed by atoms with van der Waals surface area (Å²) in [4.78, 5) is 14.3. The molecule has 0 aliphatic carbocycles. The molecule has 0 aromatic heterocycles. The van der Waals surface area contributed by atoms with Gasteiger partial charge in [-0.3, -0.25) is 4.79 Å². The Hall–Kier alpha value is -1.42. The number of carbonyl (C=O) groups is 1. The van der Waals surface area contributed by atoms with Crippen molar-refractivity contribution in [3.05, 3.63) is 35.6 Å². The minimum absolute atomic E-state index is 0.131. The Balaban J connectivity index is 2.03. The normalized spacial score (nSPS) is 19.8. The van der Waals surface area contributed by atoms with Crippen LogP contribution in [0.4, 0.5) is 4.39 Å². The molecule has 3 nitrogen and oxygen atoms in total. The Morgan fingerprint density at radius 1 is 1.42 bits per heavy atom. The third kappa shape index (κ3) is 3.53. The lowest BCUT2D eigenvalue weighted by atomic mass is 9.99. The van der Waals surface area contributed by atoms with Crippen LogP contribution >= 0.6 is 0 Å². The van der Waals surface area contributed by atoms with Gasteiger partial charge in [-0.1, -0.05) is 26.0 Å². The summed E-state index contributed by atoms with van der Waals surface area (Å²) in [6.45, 7) is 6.72. The van der Waals surface area contributed by atoms with Crippen LogP contribution in [0.2, 0.25) is 0 Å².